The lowest BCUT2D eigenvalue weighted by Gasteiger charge is -2.13. The number of hydrogen-bond acceptors (Lipinski definition) is 1. The number of allylic oxidation sites excluding steroid dienone is 2. The molecule has 1 rings (SSSR count). The molecule has 0 spiro atoms. The second-order valence-corrected chi connectivity index (χ2v) is 6.79. The quantitative estimate of drug-likeness (QED) is 0.357. The maximum absolute atomic E-state index is 2.68. The maximum Gasteiger partial charge on any atom is 0.0407 e. The van der Waals surface area contributed by atoms with Crippen molar-refractivity contribution in [1.29, 1.82) is 0 Å². The van der Waals surface area contributed by atoms with E-state index in [0.29, 0.717) is 0 Å². The van der Waals surface area contributed by atoms with E-state index in [2.05, 4.69) is 24.8 Å². The summed E-state index contributed by atoms with van der Waals surface area (Å²) in [7, 11) is 0.155. The van der Waals surface area contributed by atoms with Gasteiger partial charge in [0.2, 0.25) is 0 Å². The van der Waals surface area contributed by atoms with Crippen LogP contribution >= 0.6 is 0 Å². The molecule has 0 aromatic rings. The fourth-order valence-electron chi connectivity index (χ4n) is 2.60. The first-order valence-electron chi connectivity index (χ1n) is 7.27. The number of likely N-dealkylation sites (tertiary alicyclic amines) is 1. The van der Waals surface area contributed by atoms with Crippen LogP contribution in [0.25, 0.3) is 0 Å². The van der Waals surface area contributed by atoms with Gasteiger partial charge in [-0.15, -0.1) is 0 Å². The third kappa shape index (κ3) is 5.85. The summed E-state index contributed by atoms with van der Waals surface area (Å²) in [6.45, 7) is 7.36. The van der Waals surface area contributed by atoms with Crippen LogP contribution in [-0.4, -0.2) is 33.7 Å². The first kappa shape index (κ1) is 14.0. The minimum absolute atomic E-state index is 0.155. The highest BCUT2D eigenvalue weighted by Gasteiger charge is 2.09. The molecular weight excluding hydrogens is 210 g/mol. The Morgan fingerprint density at radius 2 is 1.75 bits per heavy atom. The summed E-state index contributed by atoms with van der Waals surface area (Å²) in [5.41, 5.74) is 1.74. The molecule has 0 N–H and O–H groups in total. The lowest BCUT2D eigenvalue weighted by Crippen LogP contribution is -2.24. The molecule has 1 aliphatic heterocycles. The second kappa shape index (κ2) is 9.00. The van der Waals surface area contributed by atoms with Gasteiger partial charge in [0.15, 0.2) is 0 Å². The number of hydrogen-bond donors (Lipinski definition) is 0. The van der Waals surface area contributed by atoms with Gasteiger partial charge in [-0.1, -0.05) is 38.3 Å². The van der Waals surface area contributed by atoms with E-state index in [9.17, 15) is 0 Å². The standard InChI is InChI=1S/C14H29NSi/c1-3-7-14(8-4-2)9-12-16-13-15-10-5-6-11-15/h9H,3-8,10-13,16H2,1-2H3. The molecule has 16 heavy (non-hydrogen) atoms. The number of rotatable bonds is 8. The number of nitrogens with zero attached hydrogens (tertiary/aromatic N) is 1. The van der Waals surface area contributed by atoms with Gasteiger partial charge in [0.1, 0.15) is 0 Å². The summed E-state index contributed by atoms with van der Waals surface area (Å²) in [4.78, 5) is 2.68. The largest absolute Gasteiger partial charge is 0.307 e. The van der Waals surface area contributed by atoms with E-state index in [0.717, 1.165) is 0 Å². The van der Waals surface area contributed by atoms with E-state index < -0.39 is 0 Å². The van der Waals surface area contributed by atoms with Crippen molar-refractivity contribution in [2.75, 3.05) is 19.3 Å². The Morgan fingerprint density at radius 3 is 2.31 bits per heavy atom. The summed E-state index contributed by atoms with van der Waals surface area (Å²) in [5, 5.41) is 0. The van der Waals surface area contributed by atoms with E-state index >= 15 is 0 Å². The molecule has 0 aromatic carbocycles. The van der Waals surface area contributed by atoms with Gasteiger partial charge in [0.25, 0.3) is 0 Å². The summed E-state index contributed by atoms with van der Waals surface area (Å²) in [6, 6.07) is 1.44. The highest BCUT2D eigenvalue weighted by Crippen LogP contribution is 2.13. The van der Waals surface area contributed by atoms with Gasteiger partial charge in [-0.3, -0.25) is 0 Å². The Kier molecular flexibility index (Phi) is 7.86. The van der Waals surface area contributed by atoms with Gasteiger partial charge < -0.3 is 4.90 Å². The molecule has 0 aliphatic carbocycles. The van der Waals surface area contributed by atoms with Crippen LogP contribution in [0.15, 0.2) is 11.6 Å². The summed E-state index contributed by atoms with van der Waals surface area (Å²) < 4.78 is 0. The van der Waals surface area contributed by atoms with Crippen molar-refractivity contribution in [3.05, 3.63) is 11.6 Å². The molecule has 2 heteroatoms. The topological polar surface area (TPSA) is 3.24 Å². The highest BCUT2D eigenvalue weighted by molar-refractivity contribution is 6.36. The van der Waals surface area contributed by atoms with Gasteiger partial charge in [0.05, 0.1) is 0 Å². The Morgan fingerprint density at radius 1 is 1.12 bits per heavy atom. The minimum atomic E-state index is 0.155. The Hall–Kier alpha value is -0.0831. The van der Waals surface area contributed by atoms with Crippen molar-refractivity contribution >= 4 is 9.52 Å². The van der Waals surface area contributed by atoms with E-state index in [1.165, 1.54) is 63.8 Å². The van der Waals surface area contributed by atoms with Crippen LogP contribution in [0.2, 0.25) is 6.04 Å². The van der Waals surface area contributed by atoms with Gasteiger partial charge in [0, 0.05) is 9.52 Å². The first-order chi connectivity index (χ1) is 7.86. The van der Waals surface area contributed by atoms with Crippen molar-refractivity contribution in [3.8, 4) is 0 Å². The smallest absolute Gasteiger partial charge is 0.0407 e. The molecule has 0 aromatic heterocycles. The lowest BCUT2D eigenvalue weighted by molar-refractivity contribution is 0.394. The SMILES string of the molecule is CCCC(=CC[SiH2]CN1CCCC1)CCC. The molecule has 0 amide bonds. The Balaban J connectivity index is 2.11. The molecular formula is C14H29NSi. The predicted octanol–water partition coefficient (Wildman–Crippen LogP) is 3.15. The molecule has 0 unspecified atom stereocenters. The van der Waals surface area contributed by atoms with Crippen LogP contribution in [-0.2, 0) is 0 Å². The Bertz CT molecular complexity index is 187. The zero-order valence-electron chi connectivity index (χ0n) is 11.3. The maximum atomic E-state index is 2.68. The summed E-state index contributed by atoms with van der Waals surface area (Å²) in [5.74, 6) is 0. The molecule has 94 valence electrons. The van der Waals surface area contributed by atoms with Crippen LogP contribution in [0, 0.1) is 0 Å². The average Bonchev–Trinajstić information content (AvgIpc) is 2.78. The molecule has 1 fully saturated rings. The average molecular weight is 239 g/mol. The van der Waals surface area contributed by atoms with E-state index in [1.807, 2.05) is 0 Å². The van der Waals surface area contributed by atoms with Gasteiger partial charge in [-0.05, 0) is 51.0 Å². The molecule has 1 aliphatic rings. The summed E-state index contributed by atoms with van der Waals surface area (Å²) in [6.07, 6.45) is 12.2. The zero-order chi connectivity index (χ0) is 11.6. The molecule has 0 atom stereocenters. The first-order valence-corrected chi connectivity index (χ1v) is 9.27. The van der Waals surface area contributed by atoms with Crippen molar-refractivity contribution in [2.45, 2.75) is 58.4 Å². The monoisotopic (exact) mass is 239 g/mol. The summed E-state index contributed by atoms with van der Waals surface area (Å²) >= 11 is 0. The van der Waals surface area contributed by atoms with E-state index in [4.69, 9.17) is 0 Å². The molecule has 0 radical (unpaired) electrons. The molecule has 1 nitrogen and oxygen atoms in total. The van der Waals surface area contributed by atoms with E-state index in [-0.39, 0.29) is 9.52 Å². The molecule has 0 bridgehead atoms. The normalized spacial score (nSPS) is 17.4. The fourth-order valence-corrected chi connectivity index (χ4v) is 4.29. The minimum Gasteiger partial charge on any atom is -0.307 e. The van der Waals surface area contributed by atoms with Crippen LogP contribution < -0.4 is 0 Å². The van der Waals surface area contributed by atoms with Gasteiger partial charge >= 0.3 is 0 Å². The predicted molar refractivity (Wildman–Crippen MR) is 76.9 cm³/mol. The zero-order valence-corrected chi connectivity index (χ0v) is 12.7. The van der Waals surface area contributed by atoms with Crippen LogP contribution in [0.4, 0.5) is 0 Å². The third-order valence-electron chi connectivity index (χ3n) is 3.45. The molecule has 1 heterocycles. The lowest BCUT2D eigenvalue weighted by atomic mass is 10.1. The van der Waals surface area contributed by atoms with Crippen LogP contribution in [0.3, 0.4) is 0 Å². The fraction of sp³-hybridized carbons (Fsp3) is 0.857. The van der Waals surface area contributed by atoms with Crippen LogP contribution in [0.1, 0.15) is 52.4 Å². The molecule has 1 saturated heterocycles. The van der Waals surface area contributed by atoms with Crippen molar-refractivity contribution < 1.29 is 0 Å². The van der Waals surface area contributed by atoms with Gasteiger partial charge in [-0.25, -0.2) is 0 Å². The van der Waals surface area contributed by atoms with Crippen molar-refractivity contribution in [1.82, 2.24) is 4.90 Å². The molecule has 0 saturated carbocycles. The van der Waals surface area contributed by atoms with Crippen molar-refractivity contribution in [2.24, 2.45) is 0 Å². The Labute approximate surface area is 104 Å². The highest BCUT2D eigenvalue weighted by atomic mass is 28.2. The second-order valence-electron chi connectivity index (χ2n) is 5.05. The van der Waals surface area contributed by atoms with Gasteiger partial charge in [-0.2, -0.15) is 0 Å². The van der Waals surface area contributed by atoms with E-state index in [1.54, 1.807) is 5.57 Å². The van der Waals surface area contributed by atoms with Crippen LogP contribution in [0.5, 0.6) is 0 Å². The third-order valence-corrected chi connectivity index (χ3v) is 5.10. The van der Waals surface area contributed by atoms with Crippen molar-refractivity contribution in [3.63, 3.8) is 0 Å².